The van der Waals surface area contributed by atoms with Gasteiger partial charge in [0.25, 0.3) is 6.43 Å². The smallest absolute Gasteiger partial charge is 0.205 e. The van der Waals surface area contributed by atoms with E-state index in [0.717, 1.165) is 5.56 Å². The van der Waals surface area contributed by atoms with Crippen molar-refractivity contribution in [3.8, 4) is 11.1 Å². The van der Waals surface area contributed by atoms with Gasteiger partial charge >= 0.3 is 0 Å². The first kappa shape index (κ1) is 12.5. The molecule has 0 aliphatic heterocycles. The molecule has 0 saturated heterocycles. The summed E-state index contributed by atoms with van der Waals surface area (Å²) >= 11 is 8.93. The minimum absolute atomic E-state index is 0.00909. The van der Waals surface area contributed by atoms with E-state index in [1.807, 2.05) is 0 Å². The number of hydrogen-bond acceptors (Lipinski definition) is 0. The third-order valence-electron chi connectivity index (χ3n) is 2.43. The molecule has 0 N–H and O–H groups in total. The Balaban J connectivity index is 2.59. The van der Waals surface area contributed by atoms with E-state index < -0.39 is 6.43 Å². The van der Waals surface area contributed by atoms with Gasteiger partial charge in [-0.15, -0.1) is 0 Å². The number of halogens is 4. The maximum absolute atomic E-state index is 13.0. The number of hydrogen-bond donors (Lipinski definition) is 0. The van der Waals surface area contributed by atoms with Crippen molar-refractivity contribution in [3.63, 3.8) is 0 Å². The molecule has 2 aromatic carbocycles. The zero-order chi connectivity index (χ0) is 12.4. The molecule has 0 atom stereocenters. The Morgan fingerprint density at radius 2 is 1.65 bits per heavy atom. The summed E-state index contributed by atoms with van der Waals surface area (Å²) in [7, 11) is 0. The molecule has 0 aromatic heterocycles. The molecule has 0 spiro atoms. The lowest BCUT2D eigenvalue weighted by Gasteiger charge is -2.11. The van der Waals surface area contributed by atoms with Crippen LogP contribution in [0.1, 0.15) is 12.0 Å². The van der Waals surface area contributed by atoms with Crippen LogP contribution in [0, 0.1) is 0 Å². The standard InChI is InChI=1S/C13H8BrClF2/c14-11-3-1-2-10(12(11)13(16)17)8-4-6-9(15)7-5-8/h1-7,13H. The maximum atomic E-state index is 13.0. The van der Waals surface area contributed by atoms with Gasteiger partial charge in [0.05, 0.1) is 0 Å². The molecule has 0 bridgehead atoms. The fraction of sp³-hybridized carbons (Fsp3) is 0.0769. The van der Waals surface area contributed by atoms with Gasteiger partial charge < -0.3 is 0 Å². The van der Waals surface area contributed by atoms with Gasteiger partial charge in [0.1, 0.15) is 0 Å². The van der Waals surface area contributed by atoms with Gasteiger partial charge in [0, 0.05) is 15.1 Å². The summed E-state index contributed by atoms with van der Waals surface area (Å²) < 4.78 is 26.4. The van der Waals surface area contributed by atoms with Crippen LogP contribution in [-0.4, -0.2) is 0 Å². The Morgan fingerprint density at radius 1 is 1.00 bits per heavy atom. The second-order valence-electron chi connectivity index (χ2n) is 3.51. The molecule has 0 radical (unpaired) electrons. The SMILES string of the molecule is FC(F)c1c(Br)cccc1-c1ccc(Cl)cc1. The van der Waals surface area contributed by atoms with Crippen molar-refractivity contribution in [2.75, 3.05) is 0 Å². The lowest BCUT2D eigenvalue weighted by atomic mass is 10.00. The highest BCUT2D eigenvalue weighted by atomic mass is 79.9. The van der Waals surface area contributed by atoms with E-state index in [4.69, 9.17) is 11.6 Å². The van der Waals surface area contributed by atoms with Crippen LogP contribution in [0.3, 0.4) is 0 Å². The molecule has 0 aliphatic carbocycles. The number of alkyl halides is 2. The molecule has 0 unspecified atom stereocenters. The van der Waals surface area contributed by atoms with Crippen LogP contribution in [0.15, 0.2) is 46.9 Å². The van der Waals surface area contributed by atoms with E-state index in [9.17, 15) is 8.78 Å². The van der Waals surface area contributed by atoms with Crippen LogP contribution in [0.2, 0.25) is 5.02 Å². The van der Waals surface area contributed by atoms with Crippen LogP contribution in [-0.2, 0) is 0 Å². The van der Waals surface area contributed by atoms with Gasteiger partial charge in [0.2, 0.25) is 0 Å². The van der Waals surface area contributed by atoms with Gasteiger partial charge in [-0.25, -0.2) is 8.78 Å². The molecular weight excluding hydrogens is 309 g/mol. The van der Waals surface area contributed by atoms with Crippen LogP contribution < -0.4 is 0 Å². The van der Waals surface area contributed by atoms with Crippen molar-refractivity contribution in [2.24, 2.45) is 0 Å². The average molecular weight is 318 g/mol. The summed E-state index contributed by atoms with van der Waals surface area (Å²) in [6.45, 7) is 0. The van der Waals surface area contributed by atoms with Crippen molar-refractivity contribution in [1.82, 2.24) is 0 Å². The van der Waals surface area contributed by atoms with Crippen molar-refractivity contribution in [2.45, 2.75) is 6.43 Å². The van der Waals surface area contributed by atoms with Crippen LogP contribution >= 0.6 is 27.5 Å². The molecule has 17 heavy (non-hydrogen) atoms. The Bertz CT molecular complexity index is 523. The lowest BCUT2D eigenvalue weighted by molar-refractivity contribution is 0.151. The first-order chi connectivity index (χ1) is 8.09. The van der Waals surface area contributed by atoms with Gasteiger partial charge in [-0.2, -0.15) is 0 Å². The normalized spacial score (nSPS) is 10.9. The quantitative estimate of drug-likeness (QED) is 0.666. The summed E-state index contributed by atoms with van der Waals surface area (Å²) in [5.41, 5.74) is 1.26. The fourth-order valence-electron chi connectivity index (χ4n) is 1.64. The first-order valence-corrected chi connectivity index (χ1v) is 6.09. The molecular formula is C13H8BrClF2. The third-order valence-corrected chi connectivity index (χ3v) is 3.37. The highest BCUT2D eigenvalue weighted by molar-refractivity contribution is 9.10. The lowest BCUT2D eigenvalue weighted by Crippen LogP contribution is -1.91. The zero-order valence-corrected chi connectivity index (χ0v) is 11.0. The first-order valence-electron chi connectivity index (χ1n) is 4.92. The summed E-state index contributed by atoms with van der Waals surface area (Å²) in [5.74, 6) is 0. The molecule has 0 aliphatic rings. The fourth-order valence-corrected chi connectivity index (χ4v) is 2.31. The van der Waals surface area contributed by atoms with Crippen molar-refractivity contribution < 1.29 is 8.78 Å². The van der Waals surface area contributed by atoms with Gasteiger partial charge in [-0.1, -0.05) is 51.8 Å². The predicted molar refractivity (Wildman–Crippen MR) is 69.5 cm³/mol. The van der Waals surface area contributed by atoms with E-state index in [0.29, 0.717) is 15.1 Å². The molecule has 0 amide bonds. The average Bonchev–Trinajstić information content (AvgIpc) is 2.29. The minimum atomic E-state index is -2.52. The summed E-state index contributed by atoms with van der Waals surface area (Å²) in [4.78, 5) is 0. The van der Waals surface area contributed by atoms with E-state index in [2.05, 4.69) is 15.9 Å². The topological polar surface area (TPSA) is 0 Å². The number of benzene rings is 2. The summed E-state index contributed by atoms with van der Waals surface area (Å²) in [6.07, 6.45) is -2.52. The van der Waals surface area contributed by atoms with E-state index in [1.54, 1.807) is 42.5 Å². The Hall–Kier alpha value is -0.930. The zero-order valence-electron chi connectivity index (χ0n) is 8.63. The maximum Gasteiger partial charge on any atom is 0.265 e. The highest BCUT2D eigenvalue weighted by Crippen LogP contribution is 2.36. The Labute approximate surface area is 111 Å². The summed E-state index contributed by atoms with van der Waals surface area (Å²) in [6, 6.07) is 11.9. The molecule has 0 fully saturated rings. The highest BCUT2D eigenvalue weighted by Gasteiger charge is 2.17. The molecule has 0 heterocycles. The second kappa shape index (κ2) is 5.15. The van der Waals surface area contributed by atoms with Crippen LogP contribution in [0.5, 0.6) is 0 Å². The molecule has 88 valence electrons. The van der Waals surface area contributed by atoms with Gasteiger partial charge in [-0.3, -0.25) is 0 Å². The minimum Gasteiger partial charge on any atom is -0.205 e. The summed E-state index contributed by atoms with van der Waals surface area (Å²) in [5, 5.41) is 0.586. The largest absolute Gasteiger partial charge is 0.265 e. The van der Waals surface area contributed by atoms with E-state index in [1.165, 1.54) is 0 Å². The molecule has 2 rings (SSSR count). The van der Waals surface area contributed by atoms with Gasteiger partial charge in [0.15, 0.2) is 0 Å². The predicted octanol–water partition coefficient (Wildman–Crippen LogP) is 5.71. The van der Waals surface area contributed by atoms with E-state index in [-0.39, 0.29) is 5.56 Å². The molecule has 0 nitrogen and oxygen atoms in total. The van der Waals surface area contributed by atoms with Crippen molar-refractivity contribution in [1.29, 1.82) is 0 Å². The van der Waals surface area contributed by atoms with Gasteiger partial charge in [-0.05, 0) is 29.3 Å². The Morgan fingerprint density at radius 3 is 2.24 bits per heavy atom. The van der Waals surface area contributed by atoms with Crippen LogP contribution in [0.4, 0.5) is 8.78 Å². The van der Waals surface area contributed by atoms with Crippen LogP contribution in [0.25, 0.3) is 11.1 Å². The number of rotatable bonds is 2. The monoisotopic (exact) mass is 316 g/mol. The van der Waals surface area contributed by atoms with Crippen molar-refractivity contribution in [3.05, 3.63) is 57.5 Å². The van der Waals surface area contributed by atoms with Crippen molar-refractivity contribution >= 4 is 27.5 Å². The third kappa shape index (κ3) is 2.67. The second-order valence-corrected chi connectivity index (χ2v) is 4.80. The molecule has 0 saturated carbocycles. The molecule has 4 heteroatoms. The van der Waals surface area contributed by atoms with E-state index >= 15 is 0 Å². The Kier molecular flexibility index (Phi) is 3.79. The molecule has 2 aromatic rings.